The lowest BCUT2D eigenvalue weighted by molar-refractivity contribution is 1.42. The average molecular weight is 253 g/mol. The fraction of sp³-hybridized carbons (Fsp3) is 0. The Kier molecular flexibility index (Phi) is 5.23. The molecule has 0 atom stereocenters. The summed E-state index contributed by atoms with van der Waals surface area (Å²) in [6.45, 7) is 0. The number of aromatic amines is 1. The summed E-state index contributed by atoms with van der Waals surface area (Å²) in [6, 6.07) is 25.0. The average Bonchev–Trinajstić information content (AvgIpc) is 3.00. The SMILES string of the molecule is c1cc[nH]c1.c1ccc(Pc2ccccc2)cc1. The minimum absolute atomic E-state index is 0.777. The normalized spacial score (nSPS) is 9.33. The predicted molar refractivity (Wildman–Crippen MR) is 81.3 cm³/mol. The van der Waals surface area contributed by atoms with Crippen LogP contribution in [-0.4, -0.2) is 4.98 Å². The van der Waals surface area contributed by atoms with Crippen molar-refractivity contribution in [1.82, 2.24) is 4.98 Å². The summed E-state index contributed by atoms with van der Waals surface area (Å²) in [6.07, 6.45) is 3.75. The molecular formula is C16H16NP. The van der Waals surface area contributed by atoms with E-state index >= 15 is 0 Å². The molecule has 2 aromatic carbocycles. The first kappa shape index (κ1) is 12.6. The minimum Gasteiger partial charge on any atom is -0.368 e. The summed E-state index contributed by atoms with van der Waals surface area (Å²) in [7, 11) is 0.777. The van der Waals surface area contributed by atoms with Crippen LogP contribution in [0.25, 0.3) is 0 Å². The Morgan fingerprint density at radius 1 is 0.556 bits per heavy atom. The van der Waals surface area contributed by atoms with Crippen LogP contribution in [0.2, 0.25) is 0 Å². The van der Waals surface area contributed by atoms with Gasteiger partial charge in [-0.25, -0.2) is 0 Å². The van der Waals surface area contributed by atoms with E-state index in [1.165, 1.54) is 10.6 Å². The molecule has 0 saturated carbocycles. The lowest BCUT2D eigenvalue weighted by Gasteiger charge is -2.00. The van der Waals surface area contributed by atoms with Crippen molar-refractivity contribution in [3.8, 4) is 0 Å². The van der Waals surface area contributed by atoms with Crippen molar-refractivity contribution in [1.29, 1.82) is 0 Å². The van der Waals surface area contributed by atoms with E-state index in [9.17, 15) is 0 Å². The monoisotopic (exact) mass is 253 g/mol. The van der Waals surface area contributed by atoms with Gasteiger partial charge in [0.25, 0.3) is 0 Å². The molecule has 3 aromatic rings. The standard InChI is InChI=1S/C12H11P.C4H5N/c1-3-7-11(8-4-1)13-12-9-5-2-6-10-12;1-2-4-5-3-1/h1-10,13H;1-5H. The van der Waals surface area contributed by atoms with Crippen LogP contribution >= 0.6 is 8.58 Å². The van der Waals surface area contributed by atoms with Crippen molar-refractivity contribution in [3.63, 3.8) is 0 Å². The van der Waals surface area contributed by atoms with E-state index in [0.717, 1.165) is 8.58 Å². The second-order valence-electron chi connectivity index (χ2n) is 3.74. The van der Waals surface area contributed by atoms with Gasteiger partial charge in [-0.1, -0.05) is 69.2 Å². The summed E-state index contributed by atoms with van der Waals surface area (Å²) >= 11 is 0. The molecule has 1 aromatic heterocycles. The minimum atomic E-state index is 0.777. The first-order chi connectivity index (χ1) is 8.95. The Bertz CT molecular complexity index is 463. The number of H-pyrrole nitrogens is 1. The molecule has 0 aliphatic carbocycles. The highest BCUT2D eigenvalue weighted by Gasteiger charge is 1.92. The van der Waals surface area contributed by atoms with Gasteiger partial charge in [-0.15, -0.1) is 0 Å². The van der Waals surface area contributed by atoms with E-state index < -0.39 is 0 Å². The van der Waals surface area contributed by atoms with Gasteiger partial charge >= 0.3 is 0 Å². The third-order valence-corrected chi connectivity index (χ3v) is 3.58. The van der Waals surface area contributed by atoms with Gasteiger partial charge in [-0.2, -0.15) is 0 Å². The zero-order valence-electron chi connectivity index (χ0n) is 10.1. The van der Waals surface area contributed by atoms with Crippen molar-refractivity contribution in [2.24, 2.45) is 0 Å². The third-order valence-electron chi connectivity index (χ3n) is 2.33. The zero-order chi connectivity index (χ0) is 12.5. The highest BCUT2D eigenvalue weighted by molar-refractivity contribution is 7.55. The van der Waals surface area contributed by atoms with Crippen molar-refractivity contribution in [3.05, 3.63) is 85.2 Å². The van der Waals surface area contributed by atoms with Gasteiger partial charge in [0.15, 0.2) is 0 Å². The van der Waals surface area contributed by atoms with Gasteiger partial charge in [0.2, 0.25) is 0 Å². The van der Waals surface area contributed by atoms with Crippen LogP contribution in [0.3, 0.4) is 0 Å². The summed E-state index contributed by atoms with van der Waals surface area (Å²) in [4.78, 5) is 2.86. The predicted octanol–water partition coefficient (Wildman–Crippen LogP) is 3.33. The van der Waals surface area contributed by atoms with Gasteiger partial charge in [0, 0.05) is 12.4 Å². The van der Waals surface area contributed by atoms with Crippen LogP contribution in [0.15, 0.2) is 85.2 Å². The Morgan fingerprint density at radius 3 is 1.33 bits per heavy atom. The quantitative estimate of drug-likeness (QED) is 0.674. The number of rotatable bonds is 2. The maximum Gasteiger partial charge on any atom is 0.000496 e. The maximum absolute atomic E-state index is 2.86. The molecule has 0 radical (unpaired) electrons. The molecule has 0 amide bonds. The van der Waals surface area contributed by atoms with Gasteiger partial charge < -0.3 is 4.98 Å². The van der Waals surface area contributed by atoms with E-state index in [1.807, 2.05) is 24.5 Å². The van der Waals surface area contributed by atoms with Crippen molar-refractivity contribution in [2.75, 3.05) is 0 Å². The molecule has 0 saturated heterocycles. The lowest BCUT2D eigenvalue weighted by Crippen LogP contribution is -2.01. The fourth-order valence-corrected chi connectivity index (χ4v) is 2.54. The number of hydrogen-bond acceptors (Lipinski definition) is 0. The molecule has 0 aliphatic rings. The molecule has 18 heavy (non-hydrogen) atoms. The van der Waals surface area contributed by atoms with Crippen LogP contribution in [-0.2, 0) is 0 Å². The van der Waals surface area contributed by atoms with Crippen molar-refractivity contribution >= 4 is 19.2 Å². The van der Waals surface area contributed by atoms with Gasteiger partial charge in [0.05, 0.1) is 0 Å². The second-order valence-corrected chi connectivity index (χ2v) is 5.15. The van der Waals surface area contributed by atoms with E-state index in [4.69, 9.17) is 0 Å². The lowest BCUT2D eigenvalue weighted by atomic mass is 10.4. The van der Waals surface area contributed by atoms with Crippen LogP contribution in [0.1, 0.15) is 0 Å². The molecule has 90 valence electrons. The Labute approximate surface area is 110 Å². The van der Waals surface area contributed by atoms with Gasteiger partial charge in [0.1, 0.15) is 0 Å². The summed E-state index contributed by atoms with van der Waals surface area (Å²) in [5, 5.41) is 2.79. The molecule has 2 heteroatoms. The van der Waals surface area contributed by atoms with Crippen LogP contribution in [0.4, 0.5) is 0 Å². The Balaban J connectivity index is 0.000000202. The molecule has 0 fully saturated rings. The highest BCUT2D eigenvalue weighted by Crippen LogP contribution is 2.08. The first-order valence-corrected chi connectivity index (χ1v) is 6.90. The van der Waals surface area contributed by atoms with Crippen molar-refractivity contribution in [2.45, 2.75) is 0 Å². The molecule has 0 unspecified atom stereocenters. The summed E-state index contributed by atoms with van der Waals surface area (Å²) in [5.41, 5.74) is 0. The third kappa shape index (κ3) is 4.57. The van der Waals surface area contributed by atoms with Crippen LogP contribution < -0.4 is 10.6 Å². The number of nitrogens with one attached hydrogen (secondary N) is 1. The summed E-state index contributed by atoms with van der Waals surface area (Å²) < 4.78 is 0. The molecule has 1 N–H and O–H groups in total. The van der Waals surface area contributed by atoms with E-state index in [2.05, 4.69) is 65.6 Å². The van der Waals surface area contributed by atoms with E-state index in [0.29, 0.717) is 0 Å². The largest absolute Gasteiger partial charge is 0.368 e. The molecule has 0 spiro atoms. The molecular weight excluding hydrogens is 237 g/mol. The smallest absolute Gasteiger partial charge is 0.000496 e. The first-order valence-electron chi connectivity index (χ1n) is 5.90. The Morgan fingerprint density at radius 2 is 1.00 bits per heavy atom. The topological polar surface area (TPSA) is 15.8 Å². The maximum atomic E-state index is 2.86. The van der Waals surface area contributed by atoms with Gasteiger partial charge in [-0.05, 0) is 22.7 Å². The number of aromatic nitrogens is 1. The van der Waals surface area contributed by atoms with Gasteiger partial charge in [-0.3, -0.25) is 0 Å². The van der Waals surface area contributed by atoms with E-state index in [1.54, 1.807) is 0 Å². The molecule has 1 heterocycles. The molecule has 3 rings (SSSR count). The van der Waals surface area contributed by atoms with E-state index in [-0.39, 0.29) is 0 Å². The molecule has 0 bridgehead atoms. The Hall–Kier alpha value is -1.85. The van der Waals surface area contributed by atoms with Crippen molar-refractivity contribution < 1.29 is 0 Å². The zero-order valence-corrected chi connectivity index (χ0v) is 11.1. The molecule has 0 aliphatic heterocycles. The van der Waals surface area contributed by atoms with Crippen LogP contribution in [0.5, 0.6) is 0 Å². The second kappa shape index (κ2) is 7.47. The summed E-state index contributed by atoms with van der Waals surface area (Å²) in [5.74, 6) is 0. The number of benzene rings is 2. The fourth-order valence-electron chi connectivity index (χ4n) is 1.49. The highest BCUT2D eigenvalue weighted by atomic mass is 31.1. The molecule has 1 nitrogen and oxygen atoms in total. The number of hydrogen-bond donors (Lipinski definition) is 1. The van der Waals surface area contributed by atoms with Crippen LogP contribution in [0, 0.1) is 0 Å².